The van der Waals surface area contributed by atoms with E-state index in [1.165, 1.54) is 0 Å². The Labute approximate surface area is 148 Å². The number of nitriles is 1. The Morgan fingerprint density at radius 1 is 1.15 bits per heavy atom. The Morgan fingerprint density at radius 3 is 2.81 bits per heavy atom. The van der Waals surface area contributed by atoms with Crippen molar-refractivity contribution in [1.29, 1.82) is 5.26 Å². The van der Waals surface area contributed by atoms with E-state index in [1.54, 1.807) is 24.4 Å². The summed E-state index contributed by atoms with van der Waals surface area (Å²) in [6.07, 6.45) is 1.59. The second-order valence-corrected chi connectivity index (χ2v) is 5.53. The van der Waals surface area contributed by atoms with Crippen molar-refractivity contribution in [2.75, 3.05) is 5.32 Å². The van der Waals surface area contributed by atoms with E-state index < -0.39 is 5.69 Å². The van der Waals surface area contributed by atoms with Crippen molar-refractivity contribution < 1.29 is 0 Å². The maximum absolute atomic E-state index is 11.7. The zero-order chi connectivity index (χ0) is 17.9. The van der Waals surface area contributed by atoms with Crippen LogP contribution in [0.2, 0.25) is 0 Å². The van der Waals surface area contributed by atoms with Crippen molar-refractivity contribution in [3.63, 3.8) is 0 Å². The van der Waals surface area contributed by atoms with E-state index in [2.05, 4.69) is 38.5 Å². The van der Waals surface area contributed by atoms with E-state index in [0.717, 1.165) is 22.2 Å². The number of pyridine rings is 1. The molecule has 0 aliphatic rings. The number of H-pyrrole nitrogens is 1. The van der Waals surface area contributed by atoms with E-state index in [4.69, 9.17) is 5.26 Å². The van der Waals surface area contributed by atoms with Crippen LogP contribution in [0.15, 0.2) is 59.5 Å². The van der Waals surface area contributed by atoms with Gasteiger partial charge in [-0.2, -0.15) is 10.2 Å². The van der Waals surface area contributed by atoms with Gasteiger partial charge in [0.2, 0.25) is 0 Å². The maximum Gasteiger partial charge on any atom is 0.348 e. The molecule has 6 heteroatoms. The Balaban J connectivity index is 1.66. The molecule has 0 unspecified atom stereocenters. The third kappa shape index (κ3) is 2.95. The average Bonchev–Trinajstić information content (AvgIpc) is 2.68. The van der Waals surface area contributed by atoms with Crippen LogP contribution in [0, 0.1) is 23.5 Å². The Bertz CT molecular complexity index is 1190. The molecule has 2 heterocycles. The number of nitrogens with one attached hydrogen (secondary N) is 2. The molecule has 2 N–H and O–H groups in total. The Morgan fingerprint density at radius 2 is 2.00 bits per heavy atom. The van der Waals surface area contributed by atoms with Crippen LogP contribution in [0.1, 0.15) is 5.56 Å². The number of fused-ring (bicyclic) bond motifs is 1. The van der Waals surface area contributed by atoms with Gasteiger partial charge in [0, 0.05) is 11.9 Å². The predicted octanol–water partition coefficient (Wildman–Crippen LogP) is 3.20. The van der Waals surface area contributed by atoms with Crippen LogP contribution in [0.3, 0.4) is 0 Å². The minimum Gasteiger partial charge on any atom is -0.341 e. The highest BCUT2D eigenvalue weighted by molar-refractivity contribution is 5.88. The smallest absolute Gasteiger partial charge is 0.341 e. The molecule has 0 radical (unpaired) electrons. The first kappa shape index (κ1) is 15.4. The normalized spacial score (nSPS) is 10.1. The summed E-state index contributed by atoms with van der Waals surface area (Å²) in [6, 6.07) is 22.4. The molecule has 2 aromatic carbocycles. The monoisotopic (exact) mass is 337 g/mol. The summed E-state index contributed by atoms with van der Waals surface area (Å²) in [6.45, 7) is 0. The van der Waals surface area contributed by atoms with Crippen LogP contribution in [0.5, 0.6) is 0 Å². The van der Waals surface area contributed by atoms with Crippen LogP contribution in [0.4, 0.5) is 11.5 Å². The quantitative estimate of drug-likeness (QED) is 0.599. The molecule has 0 aliphatic heterocycles. The zero-order valence-electron chi connectivity index (χ0n) is 13.4. The second kappa shape index (κ2) is 6.39. The molecular formula is C20H11N5O. The first-order valence-corrected chi connectivity index (χ1v) is 7.79. The first-order chi connectivity index (χ1) is 12.7. The average molecular weight is 337 g/mol. The van der Waals surface area contributed by atoms with Gasteiger partial charge in [0.15, 0.2) is 5.65 Å². The van der Waals surface area contributed by atoms with Gasteiger partial charge in [-0.15, -0.1) is 0 Å². The number of aromatic nitrogens is 3. The number of hydrogen-bond acceptors (Lipinski definition) is 5. The van der Waals surface area contributed by atoms with Crippen molar-refractivity contribution >= 4 is 22.5 Å². The van der Waals surface area contributed by atoms with Gasteiger partial charge in [0.25, 0.3) is 0 Å². The fourth-order valence-corrected chi connectivity index (χ4v) is 2.62. The minimum absolute atomic E-state index is 0.385. The molecule has 26 heavy (non-hydrogen) atoms. The highest BCUT2D eigenvalue weighted by atomic mass is 16.1. The number of anilines is 2. The van der Waals surface area contributed by atoms with Gasteiger partial charge in [-0.05, 0) is 47.5 Å². The van der Waals surface area contributed by atoms with E-state index in [0.29, 0.717) is 17.0 Å². The number of nitrogens with zero attached hydrogens (tertiary/aromatic N) is 3. The zero-order valence-corrected chi connectivity index (χ0v) is 13.4. The standard InChI is InChI=1S/C20H11N5O/c21-12-13-3-1-4-15(11-13)14-6-8-16(9-7-14)23-19-17-5-2-10-22-18(17)24-20(26)25-19/h2,4-11H,(H2,22,23,24,25,26). The van der Waals surface area contributed by atoms with Gasteiger partial charge in [-0.3, -0.25) is 4.98 Å². The molecule has 6 nitrogen and oxygen atoms in total. The van der Waals surface area contributed by atoms with Crippen LogP contribution >= 0.6 is 0 Å². The summed E-state index contributed by atoms with van der Waals surface area (Å²) in [7, 11) is 0. The van der Waals surface area contributed by atoms with E-state index in [1.807, 2.05) is 30.3 Å². The molecule has 4 rings (SSSR count). The molecule has 2 aromatic heterocycles. The molecule has 0 fully saturated rings. The fraction of sp³-hybridized carbons (Fsp3) is 0. The van der Waals surface area contributed by atoms with Crippen molar-refractivity contribution in [3.8, 4) is 17.2 Å². The second-order valence-electron chi connectivity index (χ2n) is 5.53. The summed E-state index contributed by atoms with van der Waals surface area (Å²) in [5, 5.41) is 12.9. The molecule has 0 saturated heterocycles. The van der Waals surface area contributed by atoms with Gasteiger partial charge in [-0.25, -0.2) is 9.78 Å². The number of benzene rings is 1. The van der Waals surface area contributed by atoms with Crippen LogP contribution in [-0.2, 0) is 0 Å². The van der Waals surface area contributed by atoms with Gasteiger partial charge in [0.05, 0.1) is 5.39 Å². The maximum atomic E-state index is 11.7. The first-order valence-electron chi connectivity index (χ1n) is 7.79. The number of rotatable bonds is 3. The van der Waals surface area contributed by atoms with Crippen molar-refractivity contribution in [2.24, 2.45) is 0 Å². The fourth-order valence-electron chi connectivity index (χ4n) is 2.62. The SMILES string of the molecule is N#Cc1c#ccc(-c2ccc(Nc3[nH]c(=O)nc4ncccc34)cc2)c1. The molecule has 0 amide bonds. The Kier molecular flexibility index (Phi) is 3.78. The highest BCUT2D eigenvalue weighted by Crippen LogP contribution is 2.24. The topological polar surface area (TPSA) is 94.5 Å². The van der Waals surface area contributed by atoms with Gasteiger partial charge in [0.1, 0.15) is 17.5 Å². The molecular weight excluding hydrogens is 326 g/mol. The van der Waals surface area contributed by atoms with Gasteiger partial charge in [-0.1, -0.05) is 24.3 Å². The van der Waals surface area contributed by atoms with Crippen LogP contribution in [0.25, 0.3) is 22.2 Å². The van der Waals surface area contributed by atoms with Gasteiger partial charge >= 0.3 is 5.69 Å². The van der Waals surface area contributed by atoms with E-state index >= 15 is 0 Å². The summed E-state index contributed by atoms with van der Waals surface area (Å²) >= 11 is 0. The lowest BCUT2D eigenvalue weighted by atomic mass is 10.0. The lowest BCUT2D eigenvalue weighted by molar-refractivity contribution is 1.10. The molecule has 4 aromatic rings. The molecule has 0 bridgehead atoms. The lowest BCUT2D eigenvalue weighted by Gasteiger charge is -2.09. The van der Waals surface area contributed by atoms with Crippen molar-refractivity contribution in [3.05, 3.63) is 82.9 Å². The molecule has 122 valence electrons. The summed E-state index contributed by atoms with van der Waals surface area (Å²) in [5.74, 6) is 0.537. The number of aromatic amines is 1. The van der Waals surface area contributed by atoms with E-state index in [9.17, 15) is 4.79 Å². The molecule has 0 atom stereocenters. The van der Waals surface area contributed by atoms with Crippen LogP contribution < -0.4 is 11.0 Å². The van der Waals surface area contributed by atoms with Crippen molar-refractivity contribution in [2.45, 2.75) is 0 Å². The third-order valence-electron chi connectivity index (χ3n) is 3.84. The van der Waals surface area contributed by atoms with Crippen molar-refractivity contribution in [1.82, 2.24) is 15.0 Å². The van der Waals surface area contributed by atoms with Gasteiger partial charge < -0.3 is 5.32 Å². The summed E-state index contributed by atoms with van der Waals surface area (Å²) in [5.41, 5.74) is 3.00. The predicted molar refractivity (Wildman–Crippen MR) is 97.7 cm³/mol. The minimum atomic E-state index is -0.463. The summed E-state index contributed by atoms with van der Waals surface area (Å²) in [4.78, 5) is 22.4. The molecule has 0 aliphatic carbocycles. The molecule has 0 saturated carbocycles. The van der Waals surface area contributed by atoms with E-state index in [-0.39, 0.29) is 0 Å². The lowest BCUT2D eigenvalue weighted by Crippen LogP contribution is -2.13. The third-order valence-corrected chi connectivity index (χ3v) is 3.84. The molecule has 0 spiro atoms. The van der Waals surface area contributed by atoms with Crippen LogP contribution in [-0.4, -0.2) is 15.0 Å². The Hall–Kier alpha value is -4.16. The number of hydrogen-bond donors (Lipinski definition) is 2. The summed E-state index contributed by atoms with van der Waals surface area (Å²) < 4.78 is 0. The largest absolute Gasteiger partial charge is 0.348 e. The highest BCUT2D eigenvalue weighted by Gasteiger charge is 2.06.